The number of aromatic amines is 1. The van der Waals surface area contributed by atoms with Crippen molar-refractivity contribution in [3.63, 3.8) is 0 Å². The number of nitrogens with one attached hydrogen (secondary N) is 1. The monoisotopic (exact) mass is 269 g/mol. The van der Waals surface area contributed by atoms with E-state index in [2.05, 4.69) is 9.72 Å². The van der Waals surface area contributed by atoms with Crippen LogP contribution in [0.3, 0.4) is 0 Å². The third-order valence-electron chi connectivity index (χ3n) is 2.36. The van der Waals surface area contributed by atoms with Crippen molar-refractivity contribution in [2.75, 3.05) is 7.11 Å². The minimum Gasteiger partial charge on any atom is -0.464 e. The van der Waals surface area contributed by atoms with Gasteiger partial charge in [0.25, 0.3) is 0 Å². The molecule has 3 nitrogen and oxygen atoms in total. The first-order chi connectivity index (χ1) is 8.13. The zero-order valence-corrected chi connectivity index (χ0v) is 10.5. The molecule has 0 amide bonds. The van der Waals surface area contributed by atoms with E-state index in [9.17, 15) is 4.79 Å². The average molecular weight is 270 g/mol. The number of ether oxygens (including phenoxy) is 1. The van der Waals surface area contributed by atoms with Crippen molar-refractivity contribution >= 4 is 29.2 Å². The van der Waals surface area contributed by atoms with E-state index < -0.39 is 5.97 Å². The third-order valence-corrected chi connectivity index (χ3v) is 2.91. The van der Waals surface area contributed by atoms with Crippen molar-refractivity contribution in [1.29, 1.82) is 0 Å². The lowest BCUT2D eigenvalue weighted by Crippen LogP contribution is -2.03. The lowest BCUT2D eigenvalue weighted by Gasteiger charge is -2.05. The molecule has 88 valence electrons. The quantitative estimate of drug-likeness (QED) is 0.844. The Morgan fingerprint density at radius 3 is 2.65 bits per heavy atom. The van der Waals surface area contributed by atoms with Crippen molar-refractivity contribution in [3.8, 4) is 11.1 Å². The highest BCUT2D eigenvalue weighted by atomic mass is 35.5. The highest BCUT2D eigenvalue weighted by Gasteiger charge is 2.16. The predicted molar refractivity (Wildman–Crippen MR) is 67.6 cm³/mol. The van der Waals surface area contributed by atoms with E-state index in [1.807, 2.05) is 0 Å². The van der Waals surface area contributed by atoms with E-state index in [4.69, 9.17) is 23.2 Å². The second-order valence-corrected chi connectivity index (χ2v) is 4.23. The molecule has 1 heterocycles. The molecule has 2 aromatic rings. The summed E-state index contributed by atoms with van der Waals surface area (Å²) in [6.45, 7) is 0. The number of aromatic nitrogens is 1. The molecule has 0 aliphatic heterocycles. The highest BCUT2D eigenvalue weighted by molar-refractivity contribution is 6.36. The van der Waals surface area contributed by atoms with Crippen LogP contribution in [-0.4, -0.2) is 18.1 Å². The van der Waals surface area contributed by atoms with E-state index in [1.54, 1.807) is 30.5 Å². The number of carbonyl (C=O) groups is 1. The normalized spacial score (nSPS) is 10.3. The number of methoxy groups -OCH3 is 1. The van der Waals surface area contributed by atoms with Crippen LogP contribution in [0.1, 0.15) is 10.5 Å². The molecular weight excluding hydrogens is 261 g/mol. The molecule has 17 heavy (non-hydrogen) atoms. The van der Waals surface area contributed by atoms with Crippen LogP contribution < -0.4 is 0 Å². The summed E-state index contributed by atoms with van der Waals surface area (Å²) >= 11 is 11.9. The Morgan fingerprint density at radius 1 is 1.24 bits per heavy atom. The number of carbonyl (C=O) groups excluding carboxylic acids is 1. The topological polar surface area (TPSA) is 42.1 Å². The van der Waals surface area contributed by atoms with Gasteiger partial charge in [-0.1, -0.05) is 29.3 Å². The number of halogens is 2. The molecule has 0 aliphatic rings. The van der Waals surface area contributed by atoms with Gasteiger partial charge in [-0.25, -0.2) is 4.79 Å². The van der Waals surface area contributed by atoms with Gasteiger partial charge in [0.2, 0.25) is 0 Å². The summed E-state index contributed by atoms with van der Waals surface area (Å²) < 4.78 is 4.68. The van der Waals surface area contributed by atoms with Gasteiger partial charge in [-0.3, -0.25) is 0 Å². The van der Waals surface area contributed by atoms with Crippen molar-refractivity contribution in [3.05, 3.63) is 46.2 Å². The number of esters is 1. The molecule has 0 saturated carbocycles. The molecule has 2 rings (SSSR count). The van der Waals surface area contributed by atoms with E-state index in [1.165, 1.54) is 7.11 Å². The Hall–Kier alpha value is -1.45. The van der Waals surface area contributed by atoms with Crippen molar-refractivity contribution in [2.24, 2.45) is 0 Å². The number of H-pyrrole nitrogens is 1. The summed E-state index contributed by atoms with van der Waals surface area (Å²) in [4.78, 5) is 14.4. The molecule has 0 saturated heterocycles. The summed E-state index contributed by atoms with van der Waals surface area (Å²) in [5.74, 6) is -0.434. The van der Waals surface area contributed by atoms with Crippen molar-refractivity contribution in [1.82, 2.24) is 4.98 Å². The third kappa shape index (κ3) is 2.30. The Bertz CT molecular complexity index is 563. The van der Waals surface area contributed by atoms with E-state index in [-0.39, 0.29) is 0 Å². The summed E-state index contributed by atoms with van der Waals surface area (Å²) in [7, 11) is 1.33. The van der Waals surface area contributed by atoms with Gasteiger partial charge in [0.15, 0.2) is 0 Å². The maximum absolute atomic E-state index is 11.5. The van der Waals surface area contributed by atoms with Crippen LogP contribution in [0.2, 0.25) is 10.0 Å². The molecule has 1 N–H and O–H groups in total. The number of hydrogen-bond acceptors (Lipinski definition) is 2. The fraction of sp³-hybridized carbons (Fsp3) is 0.0833. The van der Waals surface area contributed by atoms with E-state index in [0.717, 1.165) is 5.56 Å². The Balaban J connectivity index is 2.53. The zero-order chi connectivity index (χ0) is 12.4. The lowest BCUT2D eigenvalue weighted by molar-refractivity contribution is 0.0596. The van der Waals surface area contributed by atoms with Crippen LogP contribution in [-0.2, 0) is 4.74 Å². The van der Waals surface area contributed by atoms with Crippen LogP contribution in [0.15, 0.2) is 30.5 Å². The zero-order valence-electron chi connectivity index (χ0n) is 8.96. The fourth-order valence-electron chi connectivity index (χ4n) is 1.57. The first-order valence-corrected chi connectivity index (χ1v) is 5.60. The number of rotatable bonds is 2. The summed E-state index contributed by atoms with van der Waals surface area (Å²) in [6, 6.07) is 6.88. The molecule has 1 aromatic heterocycles. The standard InChI is InChI=1S/C12H9Cl2NO2/c1-17-12(16)11-9(4-5-15-11)8-3-2-7(13)6-10(8)14/h2-6,15H,1H3. The van der Waals surface area contributed by atoms with Crippen LogP contribution >= 0.6 is 23.2 Å². The molecule has 0 atom stereocenters. The lowest BCUT2D eigenvalue weighted by atomic mass is 10.1. The van der Waals surface area contributed by atoms with Gasteiger partial charge in [-0.2, -0.15) is 0 Å². The minimum atomic E-state index is -0.434. The SMILES string of the molecule is COC(=O)c1[nH]ccc1-c1ccc(Cl)cc1Cl. The van der Waals surface area contributed by atoms with Crippen LogP contribution in [0.5, 0.6) is 0 Å². The van der Waals surface area contributed by atoms with Crippen LogP contribution in [0, 0.1) is 0 Å². The number of benzene rings is 1. The summed E-state index contributed by atoms with van der Waals surface area (Å²) in [6.07, 6.45) is 1.66. The van der Waals surface area contributed by atoms with Gasteiger partial charge >= 0.3 is 5.97 Å². The molecule has 0 unspecified atom stereocenters. The van der Waals surface area contributed by atoms with Gasteiger partial charge in [-0.05, 0) is 18.2 Å². The summed E-state index contributed by atoms with van der Waals surface area (Å²) in [5, 5.41) is 1.04. The molecule has 0 bridgehead atoms. The maximum Gasteiger partial charge on any atom is 0.355 e. The Morgan fingerprint density at radius 2 is 2.00 bits per heavy atom. The first kappa shape index (κ1) is 12.0. The number of hydrogen-bond donors (Lipinski definition) is 1. The van der Waals surface area contributed by atoms with Crippen molar-refractivity contribution < 1.29 is 9.53 Å². The van der Waals surface area contributed by atoms with E-state index >= 15 is 0 Å². The maximum atomic E-state index is 11.5. The molecule has 0 aliphatic carbocycles. The average Bonchev–Trinajstić information content (AvgIpc) is 2.77. The smallest absolute Gasteiger partial charge is 0.355 e. The van der Waals surface area contributed by atoms with Gasteiger partial charge < -0.3 is 9.72 Å². The van der Waals surface area contributed by atoms with Gasteiger partial charge in [0.1, 0.15) is 5.69 Å². The molecule has 5 heteroatoms. The molecule has 1 aromatic carbocycles. The predicted octanol–water partition coefficient (Wildman–Crippen LogP) is 3.78. The Kier molecular flexibility index (Phi) is 3.41. The van der Waals surface area contributed by atoms with Crippen LogP contribution in [0.4, 0.5) is 0 Å². The first-order valence-electron chi connectivity index (χ1n) is 4.84. The van der Waals surface area contributed by atoms with E-state index in [0.29, 0.717) is 21.3 Å². The Labute approximate surface area is 108 Å². The molecule has 0 fully saturated rings. The fourth-order valence-corrected chi connectivity index (χ4v) is 2.08. The molecule has 0 spiro atoms. The largest absolute Gasteiger partial charge is 0.464 e. The summed E-state index contributed by atoms with van der Waals surface area (Å²) in [5.41, 5.74) is 1.80. The van der Waals surface area contributed by atoms with Gasteiger partial charge in [0.05, 0.1) is 7.11 Å². The minimum absolute atomic E-state index is 0.372. The van der Waals surface area contributed by atoms with Gasteiger partial charge in [0, 0.05) is 27.4 Å². The highest BCUT2D eigenvalue weighted by Crippen LogP contribution is 2.32. The molecular formula is C12H9Cl2NO2. The second-order valence-electron chi connectivity index (χ2n) is 3.38. The van der Waals surface area contributed by atoms with Gasteiger partial charge in [-0.15, -0.1) is 0 Å². The second kappa shape index (κ2) is 4.82. The van der Waals surface area contributed by atoms with Crippen LogP contribution in [0.25, 0.3) is 11.1 Å². The molecule has 0 radical (unpaired) electrons. The van der Waals surface area contributed by atoms with Crippen molar-refractivity contribution in [2.45, 2.75) is 0 Å².